The first-order valence-corrected chi connectivity index (χ1v) is 8.22. The molecule has 0 aliphatic carbocycles. The van der Waals surface area contributed by atoms with Crippen LogP contribution in [-0.4, -0.2) is 34.1 Å². The molecule has 0 spiro atoms. The van der Waals surface area contributed by atoms with Crippen molar-refractivity contribution in [3.63, 3.8) is 0 Å². The Kier molecular flexibility index (Phi) is 5.10. The Morgan fingerprint density at radius 2 is 2.38 bits per heavy atom. The Balaban J connectivity index is 1.68. The van der Waals surface area contributed by atoms with Crippen LogP contribution < -0.4 is 10.5 Å². The largest absolute Gasteiger partial charge is 0.484 e. The van der Waals surface area contributed by atoms with Crippen molar-refractivity contribution in [2.45, 2.75) is 38.8 Å². The number of primary amides is 1. The fraction of sp³-hybridized carbons (Fsp3) is 0.471. The van der Waals surface area contributed by atoms with Crippen LogP contribution in [0.5, 0.6) is 5.75 Å². The standard InChI is InChI=1S/C17H22N4O3/c1-2-16-19-17(20-24-16)14-7-4-8-21(14)10-12-5-3-6-13(9-12)23-11-15(18)22/h3,5-6,9,14H,2,4,7-8,10-11H2,1H3,(H2,18,22). The molecule has 7 heteroatoms. The normalized spacial score (nSPS) is 18.0. The molecule has 0 saturated carbocycles. The van der Waals surface area contributed by atoms with Gasteiger partial charge in [-0.15, -0.1) is 0 Å². The minimum Gasteiger partial charge on any atom is -0.484 e. The summed E-state index contributed by atoms with van der Waals surface area (Å²) in [6, 6.07) is 7.90. The van der Waals surface area contributed by atoms with Gasteiger partial charge in [-0.05, 0) is 37.1 Å². The van der Waals surface area contributed by atoms with Crippen LogP contribution in [0, 0.1) is 0 Å². The summed E-state index contributed by atoms with van der Waals surface area (Å²) in [5.41, 5.74) is 6.23. The maximum absolute atomic E-state index is 10.8. The molecule has 128 valence electrons. The Labute approximate surface area is 140 Å². The summed E-state index contributed by atoms with van der Waals surface area (Å²) >= 11 is 0. The summed E-state index contributed by atoms with van der Waals surface area (Å²) in [7, 11) is 0. The smallest absolute Gasteiger partial charge is 0.255 e. The zero-order valence-corrected chi connectivity index (χ0v) is 13.8. The molecule has 1 aromatic carbocycles. The molecule has 2 N–H and O–H groups in total. The average Bonchev–Trinajstić information content (AvgIpc) is 3.22. The van der Waals surface area contributed by atoms with Crippen LogP contribution >= 0.6 is 0 Å². The molecule has 1 atom stereocenters. The molecular weight excluding hydrogens is 308 g/mol. The zero-order chi connectivity index (χ0) is 16.9. The van der Waals surface area contributed by atoms with Gasteiger partial charge in [0.1, 0.15) is 5.75 Å². The Hall–Kier alpha value is -2.41. The molecule has 0 radical (unpaired) electrons. The first kappa shape index (κ1) is 16.4. The van der Waals surface area contributed by atoms with E-state index in [-0.39, 0.29) is 12.6 Å². The van der Waals surface area contributed by atoms with Gasteiger partial charge in [0.2, 0.25) is 5.89 Å². The predicted octanol–water partition coefficient (Wildman–Crippen LogP) is 1.83. The van der Waals surface area contributed by atoms with E-state index >= 15 is 0 Å². The van der Waals surface area contributed by atoms with Gasteiger partial charge in [0.05, 0.1) is 6.04 Å². The quantitative estimate of drug-likeness (QED) is 0.832. The Morgan fingerprint density at radius 3 is 3.12 bits per heavy atom. The number of carbonyl (C=O) groups excluding carboxylic acids is 1. The molecule has 1 fully saturated rings. The van der Waals surface area contributed by atoms with Crippen molar-refractivity contribution < 1.29 is 14.1 Å². The van der Waals surface area contributed by atoms with E-state index in [9.17, 15) is 4.79 Å². The van der Waals surface area contributed by atoms with E-state index in [1.54, 1.807) is 0 Å². The molecule has 3 rings (SSSR count). The second kappa shape index (κ2) is 7.44. The Bertz CT molecular complexity index is 701. The molecule has 1 saturated heterocycles. The highest BCUT2D eigenvalue weighted by Crippen LogP contribution is 2.32. The van der Waals surface area contributed by atoms with Crippen LogP contribution in [0.15, 0.2) is 28.8 Å². The van der Waals surface area contributed by atoms with Crippen LogP contribution in [0.1, 0.15) is 43.1 Å². The highest BCUT2D eigenvalue weighted by molar-refractivity contribution is 5.75. The van der Waals surface area contributed by atoms with Gasteiger partial charge in [-0.1, -0.05) is 24.2 Å². The number of rotatable bonds is 7. The van der Waals surface area contributed by atoms with Crippen molar-refractivity contribution in [3.05, 3.63) is 41.5 Å². The highest BCUT2D eigenvalue weighted by atomic mass is 16.5. The van der Waals surface area contributed by atoms with Crippen molar-refractivity contribution in [2.24, 2.45) is 5.73 Å². The number of aryl methyl sites for hydroxylation is 1. The maximum atomic E-state index is 10.8. The molecule has 1 aliphatic heterocycles. The van der Waals surface area contributed by atoms with Crippen LogP contribution in [0.4, 0.5) is 0 Å². The average molecular weight is 330 g/mol. The fourth-order valence-corrected chi connectivity index (χ4v) is 2.98. The number of nitrogens with zero attached hydrogens (tertiary/aromatic N) is 3. The van der Waals surface area contributed by atoms with Gasteiger partial charge in [0, 0.05) is 13.0 Å². The summed E-state index contributed by atoms with van der Waals surface area (Å²) in [5.74, 6) is 1.61. The first-order chi connectivity index (χ1) is 11.7. The van der Waals surface area contributed by atoms with Gasteiger partial charge < -0.3 is 15.0 Å². The molecule has 1 aliphatic rings. The number of hydrogen-bond donors (Lipinski definition) is 1. The lowest BCUT2D eigenvalue weighted by Crippen LogP contribution is -2.23. The van der Waals surface area contributed by atoms with Crippen molar-refractivity contribution >= 4 is 5.91 Å². The van der Waals surface area contributed by atoms with Crippen molar-refractivity contribution in [3.8, 4) is 5.75 Å². The third-order valence-electron chi connectivity index (χ3n) is 4.11. The Morgan fingerprint density at radius 1 is 1.50 bits per heavy atom. The van der Waals surface area contributed by atoms with Crippen molar-refractivity contribution in [2.75, 3.05) is 13.2 Å². The number of aromatic nitrogens is 2. The number of ether oxygens (including phenoxy) is 1. The molecule has 1 unspecified atom stereocenters. The lowest BCUT2D eigenvalue weighted by molar-refractivity contribution is -0.119. The molecular formula is C17H22N4O3. The molecule has 1 aromatic heterocycles. The second-order valence-electron chi connectivity index (χ2n) is 5.93. The summed E-state index contributed by atoms with van der Waals surface area (Å²) in [4.78, 5) is 17.6. The van der Waals surface area contributed by atoms with E-state index in [4.69, 9.17) is 15.0 Å². The summed E-state index contributed by atoms with van der Waals surface area (Å²) in [6.45, 7) is 3.65. The topological polar surface area (TPSA) is 94.5 Å². The molecule has 24 heavy (non-hydrogen) atoms. The first-order valence-electron chi connectivity index (χ1n) is 8.22. The SMILES string of the molecule is CCc1nc(C2CCCN2Cc2cccc(OCC(N)=O)c2)no1. The second-order valence-corrected chi connectivity index (χ2v) is 5.93. The third kappa shape index (κ3) is 3.91. The van der Waals surface area contributed by atoms with E-state index < -0.39 is 5.91 Å². The predicted molar refractivity (Wildman–Crippen MR) is 87.2 cm³/mol. The highest BCUT2D eigenvalue weighted by Gasteiger charge is 2.29. The van der Waals surface area contributed by atoms with E-state index in [0.717, 1.165) is 43.7 Å². The van der Waals surface area contributed by atoms with Crippen LogP contribution in [0.2, 0.25) is 0 Å². The van der Waals surface area contributed by atoms with Gasteiger partial charge in [0.15, 0.2) is 12.4 Å². The number of nitrogens with two attached hydrogens (primary N) is 1. The zero-order valence-electron chi connectivity index (χ0n) is 13.8. The monoisotopic (exact) mass is 330 g/mol. The number of likely N-dealkylation sites (tertiary alicyclic amines) is 1. The number of hydrogen-bond acceptors (Lipinski definition) is 6. The summed E-state index contributed by atoms with van der Waals surface area (Å²) in [6.07, 6.45) is 2.89. The van der Waals surface area contributed by atoms with Crippen molar-refractivity contribution in [1.29, 1.82) is 0 Å². The third-order valence-corrected chi connectivity index (χ3v) is 4.11. The van der Waals surface area contributed by atoms with Gasteiger partial charge >= 0.3 is 0 Å². The van der Waals surface area contributed by atoms with Gasteiger partial charge in [-0.3, -0.25) is 9.69 Å². The van der Waals surface area contributed by atoms with Gasteiger partial charge in [-0.2, -0.15) is 4.98 Å². The summed E-state index contributed by atoms with van der Waals surface area (Å²) in [5, 5.41) is 4.12. The molecule has 1 amide bonds. The lowest BCUT2D eigenvalue weighted by atomic mass is 10.1. The lowest BCUT2D eigenvalue weighted by Gasteiger charge is -2.22. The maximum Gasteiger partial charge on any atom is 0.255 e. The van der Waals surface area contributed by atoms with E-state index in [2.05, 4.69) is 15.0 Å². The van der Waals surface area contributed by atoms with E-state index in [1.807, 2.05) is 31.2 Å². The fourth-order valence-electron chi connectivity index (χ4n) is 2.98. The molecule has 2 heterocycles. The molecule has 0 bridgehead atoms. The number of carbonyl (C=O) groups is 1. The van der Waals surface area contributed by atoms with Crippen LogP contribution in [-0.2, 0) is 17.8 Å². The van der Waals surface area contributed by atoms with E-state index in [0.29, 0.717) is 11.6 Å². The van der Waals surface area contributed by atoms with Crippen LogP contribution in [0.25, 0.3) is 0 Å². The summed E-state index contributed by atoms with van der Waals surface area (Å²) < 4.78 is 10.6. The molecule has 2 aromatic rings. The van der Waals surface area contributed by atoms with Gasteiger partial charge in [-0.25, -0.2) is 0 Å². The number of benzene rings is 1. The molecule has 7 nitrogen and oxygen atoms in total. The van der Waals surface area contributed by atoms with Crippen molar-refractivity contribution in [1.82, 2.24) is 15.0 Å². The minimum absolute atomic E-state index is 0.113. The van der Waals surface area contributed by atoms with Crippen LogP contribution in [0.3, 0.4) is 0 Å². The minimum atomic E-state index is -0.483. The van der Waals surface area contributed by atoms with Gasteiger partial charge in [0.25, 0.3) is 5.91 Å². The van der Waals surface area contributed by atoms with E-state index in [1.165, 1.54) is 0 Å². The number of amides is 1.